The molecule has 3 rings (SSSR count). The molecule has 0 aliphatic carbocycles. The van der Waals surface area contributed by atoms with Crippen LogP contribution in [0.4, 0.5) is 9.18 Å². The van der Waals surface area contributed by atoms with E-state index in [-0.39, 0.29) is 23.4 Å². The lowest BCUT2D eigenvalue weighted by Gasteiger charge is -2.13. The zero-order chi connectivity index (χ0) is 18.0. The van der Waals surface area contributed by atoms with Crippen molar-refractivity contribution >= 4 is 62.0 Å². The van der Waals surface area contributed by atoms with Crippen LogP contribution in [-0.4, -0.2) is 27.5 Å². The van der Waals surface area contributed by atoms with Crippen LogP contribution >= 0.6 is 39.9 Å². The number of amides is 1. The highest BCUT2D eigenvalue weighted by atomic mass is 79.9. The second-order valence-corrected chi connectivity index (χ2v) is 7.55. The van der Waals surface area contributed by atoms with Gasteiger partial charge in [-0.15, -0.1) is 0 Å². The van der Waals surface area contributed by atoms with Crippen molar-refractivity contribution in [2.24, 2.45) is 0 Å². The Morgan fingerprint density at radius 1 is 1.16 bits per heavy atom. The molecule has 1 aliphatic heterocycles. The number of halogens is 2. The summed E-state index contributed by atoms with van der Waals surface area (Å²) in [4.78, 5) is 26.7. The molecule has 0 radical (unpaired) electrons. The Bertz CT molecular complexity index is 879. The van der Waals surface area contributed by atoms with E-state index in [9.17, 15) is 14.0 Å². The van der Waals surface area contributed by atoms with Gasteiger partial charge < -0.3 is 0 Å². The van der Waals surface area contributed by atoms with Crippen LogP contribution in [0.5, 0.6) is 0 Å². The number of Topliss-reactive ketones (excluding diaryl/α,β-unsaturated/α-hetero) is 1. The summed E-state index contributed by atoms with van der Waals surface area (Å²) in [5, 5.41) is -0.288. The Labute approximate surface area is 162 Å². The molecular formula is C18H11BrFNO2S2. The Balaban J connectivity index is 1.76. The predicted molar refractivity (Wildman–Crippen MR) is 105 cm³/mol. The first-order valence-electron chi connectivity index (χ1n) is 7.24. The molecule has 25 heavy (non-hydrogen) atoms. The molecule has 0 aromatic heterocycles. The first-order chi connectivity index (χ1) is 11.9. The molecule has 2 aromatic carbocycles. The number of thioether (sulfide) groups is 1. The molecule has 0 spiro atoms. The average molecular weight is 436 g/mol. The van der Waals surface area contributed by atoms with Gasteiger partial charge in [-0.2, -0.15) is 0 Å². The van der Waals surface area contributed by atoms with Crippen LogP contribution < -0.4 is 0 Å². The van der Waals surface area contributed by atoms with Crippen molar-refractivity contribution in [3.8, 4) is 0 Å². The molecule has 3 nitrogen and oxygen atoms in total. The van der Waals surface area contributed by atoms with E-state index in [1.165, 1.54) is 17.0 Å². The fraction of sp³-hybridized carbons (Fsp3) is 0.0556. The first kappa shape index (κ1) is 18.0. The number of benzene rings is 2. The van der Waals surface area contributed by atoms with Crippen molar-refractivity contribution in [1.29, 1.82) is 0 Å². The normalized spacial score (nSPS) is 15.9. The standard InChI is InChI=1S/C18H11BrFNO2S2/c19-13-5-3-12(4-6-13)15(22)10-21-17(24)16(25-18(21)23)9-11-1-7-14(20)8-2-11/h1-9H,10H2/b16-9+. The molecule has 0 bridgehead atoms. The minimum Gasteiger partial charge on any atom is -0.292 e. The zero-order valence-corrected chi connectivity index (χ0v) is 16.0. The highest BCUT2D eigenvalue weighted by Crippen LogP contribution is 2.33. The van der Waals surface area contributed by atoms with Gasteiger partial charge >= 0.3 is 0 Å². The quantitative estimate of drug-likeness (QED) is 0.370. The van der Waals surface area contributed by atoms with Gasteiger partial charge in [0.15, 0.2) is 5.78 Å². The van der Waals surface area contributed by atoms with Gasteiger partial charge in [0.2, 0.25) is 0 Å². The molecule has 0 N–H and O–H groups in total. The number of carbonyl (C=O) groups excluding carboxylic acids is 2. The van der Waals surface area contributed by atoms with E-state index in [4.69, 9.17) is 12.2 Å². The van der Waals surface area contributed by atoms with E-state index >= 15 is 0 Å². The molecular weight excluding hydrogens is 425 g/mol. The molecule has 7 heteroatoms. The van der Waals surface area contributed by atoms with Gasteiger partial charge in [0, 0.05) is 10.0 Å². The van der Waals surface area contributed by atoms with Crippen molar-refractivity contribution in [3.63, 3.8) is 0 Å². The third kappa shape index (κ3) is 4.23. The molecule has 1 saturated heterocycles. The summed E-state index contributed by atoms with van der Waals surface area (Å²) in [6.07, 6.45) is 1.72. The summed E-state index contributed by atoms with van der Waals surface area (Å²) < 4.78 is 13.8. The summed E-state index contributed by atoms with van der Waals surface area (Å²) in [5.41, 5.74) is 1.25. The lowest BCUT2D eigenvalue weighted by atomic mass is 10.1. The average Bonchev–Trinajstić information content (AvgIpc) is 2.85. The number of rotatable bonds is 4. The molecule has 1 heterocycles. The smallest absolute Gasteiger partial charge is 0.292 e. The van der Waals surface area contributed by atoms with E-state index in [0.717, 1.165) is 21.8 Å². The second kappa shape index (κ2) is 7.59. The predicted octanol–water partition coefficient (Wildman–Crippen LogP) is 5.31. The number of carbonyl (C=O) groups is 2. The number of hydrogen-bond donors (Lipinski definition) is 0. The van der Waals surface area contributed by atoms with Crippen LogP contribution in [0, 0.1) is 5.82 Å². The third-order valence-electron chi connectivity index (χ3n) is 3.51. The monoisotopic (exact) mass is 435 g/mol. The van der Waals surface area contributed by atoms with E-state index in [0.29, 0.717) is 15.5 Å². The molecule has 126 valence electrons. The highest BCUT2D eigenvalue weighted by molar-refractivity contribution is 9.10. The van der Waals surface area contributed by atoms with E-state index in [1.807, 2.05) is 0 Å². The Morgan fingerprint density at radius 2 is 1.80 bits per heavy atom. The van der Waals surface area contributed by atoms with Crippen LogP contribution in [0.2, 0.25) is 0 Å². The van der Waals surface area contributed by atoms with Gasteiger partial charge in [-0.1, -0.05) is 52.4 Å². The van der Waals surface area contributed by atoms with E-state index in [1.54, 1.807) is 42.5 Å². The molecule has 1 aliphatic rings. The summed E-state index contributed by atoms with van der Waals surface area (Å²) in [5.74, 6) is -0.520. The first-order valence-corrected chi connectivity index (χ1v) is 9.25. The van der Waals surface area contributed by atoms with Crippen LogP contribution in [0.15, 0.2) is 57.9 Å². The van der Waals surface area contributed by atoms with Crippen molar-refractivity contribution < 1.29 is 14.0 Å². The largest absolute Gasteiger partial charge is 0.292 e. The summed E-state index contributed by atoms with van der Waals surface area (Å²) in [6.45, 7) is -0.104. The van der Waals surface area contributed by atoms with Crippen LogP contribution in [-0.2, 0) is 0 Å². The summed E-state index contributed by atoms with van der Waals surface area (Å²) in [7, 11) is 0. The van der Waals surface area contributed by atoms with Crippen molar-refractivity contribution in [3.05, 3.63) is 74.9 Å². The Morgan fingerprint density at radius 3 is 2.44 bits per heavy atom. The molecule has 0 saturated carbocycles. The maximum atomic E-state index is 13.0. The van der Waals surface area contributed by atoms with Gasteiger partial charge in [0.05, 0.1) is 11.4 Å². The summed E-state index contributed by atoms with van der Waals surface area (Å²) in [6, 6.07) is 12.8. The third-order valence-corrected chi connectivity index (χ3v) is 5.53. The fourth-order valence-electron chi connectivity index (χ4n) is 2.22. The zero-order valence-electron chi connectivity index (χ0n) is 12.7. The highest BCUT2D eigenvalue weighted by Gasteiger charge is 2.33. The van der Waals surface area contributed by atoms with Crippen molar-refractivity contribution in [2.45, 2.75) is 0 Å². The number of ketones is 1. The molecule has 0 atom stereocenters. The van der Waals surface area contributed by atoms with Gasteiger partial charge in [0.1, 0.15) is 10.8 Å². The van der Waals surface area contributed by atoms with Crippen LogP contribution in [0.25, 0.3) is 6.08 Å². The van der Waals surface area contributed by atoms with Crippen LogP contribution in [0.1, 0.15) is 15.9 Å². The van der Waals surface area contributed by atoms with Gasteiger partial charge in [-0.05, 0) is 47.7 Å². The lowest BCUT2D eigenvalue weighted by Crippen LogP contribution is -2.32. The van der Waals surface area contributed by atoms with Crippen LogP contribution in [0.3, 0.4) is 0 Å². The number of thiocarbonyl (C=S) groups is 1. The topological polar surface area (TPSA) is 37.4 Å². The second-order valence-electron chi connectivity index (χ2n) is 5.25. The fourth-order valence-corrected chi connectivity index (χ4v) is 3.72. The molecule has 0 unspecified atom stereocenters. The maximum absolute atomic E-state index is 13.0. The minimum absolute atomic E-state index is 0.104. The SMILES string of the molecule is O=C(CN1C(=O)S/C(=C/c2ccc(F)cc2)C1=S)c1ccc(Br)cc1. The van der Waals surface area contributed by atoms with Gasteiger partial charge in [-0.25, -0.2) is 4.39 Å². The summed E-state index contributed by atoms with van der Waals surface area (Å²) >= 11 is 9.62. The van der Waals surface area contributed by atoms with Crippen molar-refractivity contribution in [1.82, 2.24) is 4.90 Å². The van der Waals surface area contributed by atoms with Gasteiger partial charge in [0.25, 0.3) is 5.24 Å². The lowest BCUT2D eigenvalue weighted by molar-refractivity contribution is 0.0973. The maximum Gasteiger partial charge on any atom is 0.292 e. The number of hydrogen-bond acceptors (Lipinski definition) is 4. The Hall–Kier alpha value is -1.83. The molecule has 2 aromatic rings. The Kier molecular flexibility index (Phi) is 5.46. The number of nitrogens with zero attached hydrogens (tertiary/aromatic N) is 1. The van der Waals surface area contributed by atoms with E-state index < -0.39 is 0 Å². The van der Waals surface area contributed by atoms with Crippen molar-refractivity contribution in [2.75, 3.05) is 6.54 Å². The van der Waals surface area contributed by atoms with E-state index in [2.05, 4.69) is 15.9 Å². The molecule has 1 fully saturated rings. The molecule has 1 amide bonds. The van der Waals surface area contributed by atoms with Gasteiger partial charge in [-0.3, -0.25) is 14.5 Å². The minimum atomic E-state index is -0.332.